The number of nitrogens with zero attached hydrogens (tertiary/aromatic N) is 3. The molecule has 0 fully saturated rings. The van der Waals surface area contributed by atoms with E-state index in [0.29, 0.717) is 0 Å². The van der Waals surface area contributed by atoms with Gasteiger partial charge in [0.05, 0.1) is 10.6 Å². The summed E-state index contributed by atoms with van der Waals surface area (Å²) in [5, 5.41) is 14.9. The van der Waals surface area contributed by atoms with Crippen LogP contribution in [0.25, 0.3) is 11.1 Å². The van der Waals surface area contributed by atoms with Crippen molar-refractivity contribution in [1.82, 2.24) is 9.78 Å². The maximum absolute atomic E-state index is 10.7. The highest BCUT2D eigenvalue weighted by atomic mass is 16.6. The van der Waals surface area contributed by atoms with Gasteiger partial charge in [-0.1, -0.05) is 12.1 Å². The summed E-state index contributed by atoms with van der Waals surface area (Å²) in [4.78, 5) is 10.3. The van der Waals surface area contributed by atoms with Crippen molar-refractivity contribution in [2.75, 3.05) is 0 Å². The third kappa shape index (κ3) is 1.79. The van der Waals surface area contributed by atoms with Gasteiger partial charge in [-0.05, 0) is 12.5 Å². The molecule has 0 N–H and O–H groups in total. The molecule has 0 radical (unpaired) electrons. The van der Waals surface area contributed by atoms with Gasteiger partial charge in [-0.2, -0.15) is 5.10 Å². The molecule has 2 aromatic rings. The number of hydrogen-bond acceptors (Lipinski definition) is 3. The van der Waals surface area contributed by atoms with Crippen molar-refractivity contribution in [3.05, 3.63) is 46.3 Å². The van der Waals surface area contributed by atoms with Crippen LogP contribution in [0.2, 0.25) is 0 Å². The van der Waals surface area contributed by atoms with Crippen molar-refractivity contribution >= 4 is 5.69 Å². The van der Waals surface area contributed by atoms with Crippen LogP contribution in [-0.4, -0.2) is 14.7 Å². The van der Waals surface area contributed by atoms with Gasteiger partial charge in [0.2, 0.25) is 0 Å². The lowest BCUT2D eigenvalue weighted by Gasteiger charge is -1.98. The van der Waals surface area contributed by atoms with Crippen LogP contribution in [0.15, 0.2) is 30.5 Å². The molecule has 0 saturated carbocycles. The highest BCUT2D eigenvalue weighted by Gasteiger charge is 2.10. The van der Waals surface area contributed by atoms with Crippen LogP contribution in [0.3, 0.4) is 0 Å². The molecule has 0 bridgehead atoms. The molecule has 0 spiro atoms. The summed E-state index contributed by atoms with van der Waals surface area (Å²) in [5.74, 6) is 0. The second-order valence-corrected chi connectivity index (χ2v) is 3.61. The monoisotopic (exact) mass is 217 g/mol. The van der Waals surface area contributed by atoms with Crippen LogP contribution in [0, 0.1) is 17.0 Å². The summed E-state index contributed by atoms with van der Waals surface area (Å²) in [6.07, 6.45) is 1.86. The molecule has 0 unspecified atom stereocenters. The highest BCUT2D eigenvalue weighted by Crippen LogP contribution is 2.25. The number of nitro benzene ring substituents is 1. The topological polar surface area (TPSA) is 61.0 Å². The molecule has 16 heavy (non-hydrogen) atoms. The molecule has 1 heterocycles. The molecule has 0 aliphatic carbocycles. The summed E-state index contributed by atoms with van der Waals surface area (Å²) in [5.41, 5.74) is 2.70. The average Bonchev–Trinajstić information content (AvgIpc) is 2.58. The first-order chi connectivity index (χ1) is 7.58. The van der Waals surface area contributed by atoms with Gasteiger partial charge in [-0.3, -0.25) is 14.8 Å². The fraction of sp³-hybridized carbons (Fsp3) is 0.182. The van der Waals surface area contributed by atoms with Crippen molar-refractivity contribution in [1.29, 1.82) is 0 Å². The summed E-state index contributed by atoms with van der Waals surface area (Å²) in [6, 6.07) is 6.57. The lowest BCUT2D eigenvalue weighted by atomic mass is 10.1. The minimum absolute atomic E-state index is 0.0979. The summed E-state index contributed by atoms with van der Waals surface area (Å²) >= 11 is 0. The molecule has 0 aliphatic heterocycles. The van der Waals surface area contributed by atoms with Crippen molar-refractivity contribution in [3.8, 4) is 11.1 Å². The van der Waals surface area contributed by atoms with Crippen LogP contribution in [0.5, 0.6) is 0 Å². The largest absolute Gasteiger partial charge is 0.275 e. The molecule has 82 valence electrons. The Hall–Kier alpha value is -2.17. The molecule has 0 aliphatic rings. The van der Waals surface area contributed by atoms with E-state index in [-0.39, 0.29) is 5.69 Å². The quantitative estimate of drug-likeness (QED) is 0.572. The van der Waals surface area contributed by atoms with Crippen molar-refractivity contribution < 1.29 is 4.92 Å². The Bertz CT molecular complexity index is 546. The van der Waals surface area contributed by atoms with E-state index < -0.39 is 4.92 Å². The number of rotatable bonds is 2. The van der Waals surface area contributed by atoms with E-state index in [9.17, 15) is 10.1 Å². The lowest BCUT2D eigenvalue weighted by Crippen LogP contribution is -1.88. The first kappa shape index (κ1) is 10.4. The average molecular weight is 217 g/mol. The van der Waals surface area contributed by atoms with Gasteiger partial charge in [-0.15, -0.1) is 0 Å². The van der Waals surface area contributed by atoms with Gasteiger partial charge >= 0.3 is 0 Å². The predicted molar refractivity (Wildman–Crippen MR) is 60.0 cm³/mol. The normalized spacial score (nSPS) is 10.4. The summed E-state index contributed by atoms with van der Waals surface area (Å²) in [6.45, 7) is 1.88. The molecule has 0 amide bonds. The van der Waals surface area contributed by atoms with Crippen molar-refractivity contribution in [2.24, 2.45) is 7.05 Å². The molecular formula is C11H11N3O2. The number of nitro groups is 1. The Kier molecular flexibility index (Phi) is 2.44. The SMILES string of the molecule is Cc1nn(C)cc1-c1cccc([N+](=O)[O-])c1. The third-order valence-electron chi connectivity index (χ3n) is 2.38. The Morgan fingerprint density at radius 3 is 2.75 bits per heavy atom. The standard InChI is InChI=1S/C11H11N3O2/c1-8-11(7-13(2)12-8)9-4-3-5-10(6-9)14(15)16/h3-7H,1-2H3. The van der Waals surface area contributed by atoms with Crippen LogP contribution < -0.4 is 0 Å². The number of aryl methyl sites for hydroxylation is 2. The van der Waals surface area contributed by atoms with Crippen LogP contribution >= 0.6 is 0 Å². The molecule has 0 atom stereocenters. The molecule has 1 aromatic carbocycles. The predicted octanol–water partition coefficient (Wildman–Crippen LogP) is 2.30. The number of benzene rings is 1. The molecular weight excluding hydrogens is 206 g/mol. The van der Waals surface area contributed by atoms with Crippen LogP contribution in [0.4, 0.5) is 5.69 Å². The van der Waals surface area contributed by atoms with Gasteiger partial charge in [0, 0.05) is 30.9 Å². The van der Waals surface area contributed by atoms with Crippen molar-refractivity contribution in [3.63, 3.8) is 0 Å². The zero-order valence-corrected chi connectivity index (χ0v) is 9.04. The maximum atomic E-state index is 10.7. The molecule has 5 nitrogen and oxygen atoms in total. The van der Waals surface area contributed by atoms with E-state index in [1.807, 2.05) is 26.2 Å². The zero-order chi connectivity index (χ0) is 11.7. The summed E-state index contributed by atoms with van der Waals surface area (Å²) in [7, 11) is 1.83. The van der Waals surface area contributed by atoms with E-state index in [0.717, 1.165) is 16.8 Å². The minimum Gasteiger partial charge on any atom is -0.275 e. The van der Waals surface area contributed by atoms with E-state index in [1.54, 1.807) is 16.8 Å². The second kappa shape index (κ2) is 3.77. The van der Waals surface area contributed by atoms with Gasteiger partial charge < -0.3 is 0 Å². The summed E-state index contributed by atoms with van der Waals surface area (Å²) < 4.78 is 1.70. The van der Waals surface area contributed by atoms with E-state index in [4.69, 9.17) is 0 Å². The first-order valence-electron chi connectivity index (χ1n) is 4.83. The lowest BCUT2D eigenvalue weighted by molar-refractivity contribution is -0.384. The fourth-order valence-corrected chi connectivity index (χ4v) is 1.67. The molecule has 0 saturated heterocycles. The Balaban J connectivity index is 2.52. The second-order valence-electron chi connectivity index (χ2n) is 3.61. The smallest absolute Gasteiger partial charge is 0.270 e. The number of non-ortho nitro benzene ring substituents is 1. The maximum Gasteiger partial charge on any atom is 0.270 e. The molecule has 2 rings (SSSR count). The van der Waals surface area contributed by atoms with Gasteiger partial charge in [-0.25, -0.2) is 0 Å². The van der Waals surface area contributed by atoms with Gasteiger partial charge in [0.15, 0.2) is 0 Å². The highest BCUT2D eigenvalue weighted by molar-refractivity contribution is 5.67. The molecule has 5 heteroatoms. The van der Waals surface area contributed by atoms with E-state index in [2.05, 4.69) is 5.10 Å². The Labute approximate surface area is 92.5 Å². The Morgan fingerprint density at radius 2 is 2.19 bits per heavy atom. The van der Waals surface area contributed by atoms with Crippen molar-refractivity contribution in [2.45, 2.75) is 6.92 Å². The van der Waals surface area contributed by atoms with Gasteiger partial charge in [0.1, 0.15) is 0 Å². The first-order valence-corrected chi connectivity index (χ1v) is 4.83. The zero-order valence-electron chi connectivity index (χ0n) is 9.04. The van der Waals surface area contributed by atoms with Crippen LogP contribution in [0.1, 0.15) is 5.69 Å². The third-order valence-corrected chi connectivity index (χ3v) is 2.38. The number of hydrogen-bond donors (Lipinski definition) is 0. The fourth-order valence-electron chi connectivity index (χ4n) is 1.67. The van der Waals surface area contributed by atoms with E-state index in [1.165, 1.54) is 6.07 Å². The van der Waals surface area contributed by atoms with Crippen LogP contribution in [-0.2, 0) is 7.05 Å². The van der Waals surface area contributed by atoms with E-state index >= 15 is 0 Å². The number of aromatic nitrogens is 2. The van der Waals surface area contributed by atoms with Gasteiger partial charge in [0.25, 0.3) is 5.69 Å². The molecule has 1 aromatic heterocycles. The Morgan fingerprint density at radius 1 is 1.44 bits per heavy atom. The minimum atomic E-state index is -0.394.